The molecule has 1 atom stereocenters. The Hall–Kier alpha value is -6.45. The van der Waals surface area contributed by atoms with Gasteiger partial charge >= 0.3 is 5.97 Å². The molecule has 0 radical (unpaired) electrons. The van der Waals surface area contributed by atoms with E-state index >= 15 is 0 Å². The van der Waals surface area contributed by atoms with Crippen molar-refractivity contribution in [3.05, 3.63) is 120 Å². The number of thioether (sulfide) groups is 1. The first-order valence-corrected chi connectivity index (χ1v) is 17.4. The Morgan fingerprint density at radius 1 is 0.868 bits per heavy atom. The molecule has 1 aliphatic heterocycles. The van der Waals surface area contributed by atoms with Gasteiger partial charge in [0.15, 0.2) is 12.4 Å². The number of rotatable bonds is 13. The van der Waals surface area contributed by atoms with Crippen LogP contribution in [-0.2, 0) is 14.3 Å². The van der Waals surface area contributed by atoms with E-state index < -0.39 is 29.6 Å². The minimum atomic E-state index is -0.883. The molecule has 12 heteroatoms. The van der Waals surface area contributed by atoms with E-state index in [0.717, 1.165) is 22.2 Å². The number of aromatic nitrogens is 1. The number of benzene rings is 4. The lowest BCUT2D eigenvalue weighted by Crippen LogP contribution is -2.31. The van der Waals surface area contributed by atoms with Crippen molar-refractivity contribution in [1.82, 2.24) is 4.98 Å². The van der Waals surface area contributed by atoms with E-state index in [0.29, 0.717) is 46.2 Å². The van der Waals surface area contributed by atoms with Crippen molar-refractivity contribution in [3.63, 3.8) is 0 Å². The van der Waals surface area contributed by atoms with E-state index in [1.807, 2.05) is 37.3 Å². The maximum absolute atomic E-state index is 13.8. The van der Waals surface area contributed by atoms with Crippen molar-refractivity contribution in [1.29, 1.82) is 5.26 Å². The summed E-state index contributed by atoms with van der Waals surface area (Å²) in [5, 5.41) is 9.86. The van der Waals surface area contributed by atoms with Gasteiger partial charge in [-0.2, -0.15) is 5.26 Å². The molecule has 1 unspecified atom stereocenters. The van der Waals surface area contributed by atoms with Crippen molar-refractivity contribution >= 4 is 41.0 Å². The van der Waals surface area contributed by atoms with Crippen LogP contribution in [0.1, 0.15) is 39.6 Å². The van der Waals surface area contributed by atoms with Gasteiger partial charge in [-0.3, -0.25) is 14.4 Å². The van der Waals surface area contributed by atoms with E-state index in [9.17, 15) is 24.4 Å². The highest BCUT2D eigenvalue weighted by atomic mass is 32.2. The van der Waals surface area contributed by atoms with Crippen LogP contribution in [0.5, 0.6) is 17.2 Å². The Morgan fingerprint density at radius 2 is 1.57 bits per heavy atom. The van der Waals surface area contributed by atoms with Crippen LogP contribution in [0.3, 0.4) is 0 Å². The second-order valence-corrected chi connectivity index (χ2v) is 12.9. The number of amides is 2. The Labute approximate surface area is 310 Å². The molecule has 0 spiro atoms. The van der Waals surface area contributed by atoms with Crippen molar-refractivity contribution in [2.45, 2.75) is 23.6 Å². The van der Waals surface area contributed by atoms with Crippen LogP contribution >= 0.6 is 11.8 Å². The molecular weight excluding hydrogens is 695 g/mol. The second-order valence-electron chi connectivity index (χ2n) is 11.7. The summed E-state index contributed by atoms with van der Waals surface area (Å²) in [5.74, 6) is -0.368. The Kier molecular flexibility index (Phi) is 11.2. The molecule has 4 aromatic carbocycles. The van der Waals surface area contributed by atoms with Gasteiger partial charge in [-0.1, -0.05) is 42.1 Å². The van der Waals surface area contributed by atoms with E-state index in [4.69, 9.17) is 23.9 Å². The fourth-order valence-electron chi connectivity index (χ4n) is 5.76. The number of methoxy groups -OCH3 is 2. The second kappa shape index (κ2) is 16.3. The zero-order valence-electron chi connectivity index (χ0n) is 29.0. The molecule has 2 heterocycles. The fraction of sp³-hybridized carbons (Fsp3) is 0.171. The SMILES string of the molecule is CCOc1ccc(C(=O)COC(=O)c2ccc(N3C(=O)CC(Sc4nc(-c5ccccc5)cc(-c5cc(OC)ccc5OC)c4C#N)C3=O)cc2)cc1. The van der Waals surface area contributed by atoms with E-state index in [1.54, 1.807) is 55.6 Å². The maximum atomic E-state index is 13.8. The largest absolute Gasteiger partial charge is 0.497 e. The molecule has 0 aliphatic carbocycles. The zero-order chi connectivity index (χ0) is 37.5. The van der Waals surface area contributed by atoms with Gasteiger partial charge in [0.2, 0.25) is 11.8 Å². The highest BCUT2D eigenvalue weighted by molar-refractivity contribution is 8.00. The molecule has 53 heavy (non-hydrogen) atoms. The average Bonchev–Trinajstić information content (AvgIpc) is 3.48. The number of ether oxygens (including phenoxy) is 4. The third-order valence-electron chi connectivity index (χ3n) is 8.41. The number of Topliss-reactive ketones (excluding diaryl/α,β-unsaturated/α-hetero) is 1. The predicted molar refractivity (Wildman–Crippen MR) is 198 cm³/mol. The molecule has 0 saturated carbocycles. The standard InChI is InChI=1S/C41H33N3O8S/c1-4-51-29-16-12-26(13-17-29)35(45)24-52-41(48)27-10-14-28(15-11-27)44-38(46)22-37(40(44)47)53-39-33(23-42)31(21-34(43-39)25-8-6-5-7-9-25)32-20-30(49-2)18-19-36(32)50-3/h5-21,37H,4,22,24H2,1-3H3. The fourth-order valence-corrected chi connectivity index (χ4v) is 6.89. The molecule has 6 rings (SSSR count). The van der Waals surface area contributed by atoms with Crippen molar-refractivity contribution in [2.24, 2.45) is 0 Å². The zero-order valence-corrected chi connectivity index (χ0v) is 29.8. The van der Waals surface area contributed by atoms with E-state index in [-0.39, 0.29) is 34.0 Å². The summed E-state index contributed by atoms with van der Waals surface area (Å²) >= 11 is 1.04. The summed E-state index contributed by atoms with van der Waals surface area (Å²) < 4.78 is 21.7. The van der Waals surface area contributed by atoms with Crippen LogP contribution in [0.2, 0.25) is 0 Å². The molecule has 266 valence electrons. The number of esters is 1. The molecule has 0 bridgehead atoms. The van der Waals surface area contributed by atoms with Crippen LogP contribution in [0.25, 0.3) is 22.4 Å². The van der Waals surface area contributed by atoms with Crippen LogP contribution in [0.15, 0.2) is 108 Å². The average molecular weight is 728 g/mol. The Balaban J connectivity index is 1.22. The molecule has 11 nitrogen and oxygen atoms in total. The topological polar surface area (TPSA) is 145 Å². The summed E-state index contributed by atoms with van der Waals surface area (Å²) in [4.78, 5) is 58.3. The smallest absolute Gasteiger partial charge is 0.338 e. The maximum Gasteiger partial charge on any atom is 0.338 e. The first-order chi connectivity index (χ1) is 25.7. The minimum absolute atomic E-state index is 0.138. The van der Waals surface area contributed by atoms with E-state index in [2.05, 4.69) is 6.07 Å². The van der Waals surface area contributed by atoms with Crippen molar-refractivity contribution in [3.8, 4) is 45.7 Å². The third kappa shape index (κ3) is 7.90. The monoisotopic (exact) mass is 727 g/mol. The van der Waals surface area contributed by atoms with Gasteiger partial charge in [0, 0.05) is 28.7 Å². The molecule has 1 aliphatic rings. The van der Waals surface area contributed by atoms with Gasteiger partial charge in [0.05, 0.1) is 48.6 Å². The van der Waals surface area contributed by atoms with Gasteiger partial charge in [0.1, 0.15) is 28.3 Å². The summed E-state index contributed by atoms with van der Waals surface area (Å²) in [7, 11) is 3.08. The molecule has 1 aromatic heterocycles. The minimum Gasteiger partial charge on any atom is -0.497 e. The number of carbonyl (C=O) groups excluding carboxylic acids is 4. The van der Waals surface area contributed by atoms with Crippen molar-refractivity contribution < 1.29 is 38.1 Å². The summed E-state index contributed by atoms with van der Waals surface area (Å²) in [6.45, 7) is 1.89. The Morgan fingerprint density at radius 3 is 2.23 bits per heavy atom. The molecule has 1 saturated heterocycles. The quantitative estimate of drug-likeness (QED) is 0.0692. The highest BCUT2D eigenvalue weighted by Crippen LogP contribution is 2.42. The normalized spacial score (nSPS) is 13.7. The van der Waals surface area contributed by atoms with Gasteiger partial charge < -0.3 is 18.9 Å². The van der Waals surface area contributed by atoms with Gasteiger partial charge in [-0.15, -0.1) is 0 Å². The number of nitrogens with zero attached hydrogens (tertiary/aromatic N) is 3. The van der Waals surface area contributed by atoms with Crippen LogP contribution in [0, 0.1) is 11.3 Å². The lowest BCUT2D eigenvalue weighted by atomic mass is 9.98. The summed E-state index contributed by atoms with van der Waals surface area (Å²) in [6.07, 6.45) is -0.138. The van der Waals surface area contributed by atoms with Crippen molar-refractivity contribution in [2.75, 3.05) is 32.3 Å². The summed E-state index contributed by atoms with van der Waals surface area (Å²) in [5.41, 5.74) is 3.45. The lowest BCUT2D eigenvalue weighted by Gasteiger charge is -2.17. The number of imide groups is 1. The number of hydrogen-bond donors (Lipinski definition) is 0. The lowest BCUT2D eigenvalue weighted by molar-refractivity contribution is -0.121. The predicted octanol–water partition coefficient (Wildman–Crippen LogP) is 7.17. The molecular formula is C41H33N3O8S. The first kappa shape index (κ1) is 36.3. The number of pyridine rings is 1. The Bertz CT molecular complexity index is 2220. The molecule has 5 aromatic rings. The molecule has 0 N–H and O–H groups in total. The van der Waals surface area contributed by atoms with Crippen LogP contribution in [-0.4, -0.2) is 61.2 Å². The number of anilines is 1. The number of hydrogen-bond acceptors (Lipinski definition) is 11. The molecule has 1 fully saturated rings. The first-order valence-electron chi connectivity index (χ1n) is 16.5. The number of carbonyl (C=O) groups is 4. The van der Waals surface area contributed by atoms with Gasteiger partial charge in [0.25, 0.3) is 0 Å². The third-order valence-corrected chi connectivity index (χ3v) is 9.58. The van der Waals surface area contributed by atoms with Crippen LogP contribution in [0.4, 0.5) is 5.69 Å². The molecule has 2 amide bonds. The van der Waals surface area contributed by atoms with Gasteiger partial charge in [-0.25, -0.2) is 14.7 Å². The summed E-state index contributed by atoms with van der Waals surface area (Å²) in [6, 6.07) is 31.0. The highest BCUT2D eigenvalue weighted by Gasteiger charge is 2.41. The van der Waals surface area contributed by atoms with E-state index in [1.165, 1.54) is 31.4 Å². The number of ketones is 1. The number of nitriles is 1. The van der Waals surface area contributed by atoms with Gasteiger partial charge in [-0.05, 0) is 79.7 Å². The van der Waals surface area contributed by atoms with Crippen LogP contribution < -0.4 is 19.1 Å².